The van der Waals surface area contributed by atoms with E-state index in [4.69, 9.17) is 9.47 Å². The highest BCUT2D eigenvalue weighted by atomic mass is 16.6. The summed E-state index contributed by atoms with van der Waals surface area (Å²) in [5, 5.41) is 2.91. The number of nitrogens with zero attached hydrogens (tertiary/aromatic N) is 1. The molecule has 0 saturated carbocycles. The van der Waals surface area contributed by atoms with Crippen molar-refractivity contribution in [1.82, 2.24) is 4.90 Å². The van der Waals surface area contributed by atoms with Crippen LogP contribution in [0.4, 0.5) is 5.69 Å². The van der Waals surface area contributed by atoms with Gasteiger partial charge >= 0.3 is 5.97 Å². The molecule has 1 atom stereocenters. The van der Waals surface area contributed by atoms with Gasteiger partial charge in [0.1, 0.15) is 12.3 Å². The van der Waals surface area contributed by atoms with Crippen LogP contribution < -0.4 is 10.1 Å². The number of nitrogens with one attached hydrogen (secondary N) is 1. The Labute approximate surface area is 193 Å². The number of hydrogen-bond acceptors (Lipinski definition) is 6. The smallest absolute Gasteiger partial charge is 0.343 e. The minimum Gasteiger partial charge on any atom is -0.482 e. The molecule has 1 unspecified atom stereocenters. The van der Waals surface area contributed by atoms with Gasteiger partial charge in [-0.15, -0.1) is 0 Å². The molecular formula is C25H30N2O6. The van der Waals surface area contributed by atoms with Gasteiger partial charge in [-0.1, -0.05) is 18.2 Å². The molecule has 0 radical (unpaired) electrons. The lowest BCUT2D eigenvalue weighted by molar-refractivity contribution is -0.142. The fourth-order valence-corrected chi connectivity index (χ4v) is 3.61. The van der Waals surface area contributed by atoms with Gasteiger partial charge in [0, 0.05) is 24.4 Å². The van der Waals surface area contributed by atoms with E-state index in [0.29, 0.717) is 24.5 Å². The van der Waals surface area contributed by atoms with Crippen molar-refractivity contribution >= 4 is 23.5 Å². The molecule has 1 fully saturated rings. The molecule has 8 heteroatoms. The van der Waals surface area contributed by atoms with Crippen LogP contribution in [0.25, 0.3) is 0 Å². The lowest BCUT2D eigenvalue weighted by Gasteiger charge is -2.25. The first kappa shape index (κ1) is 24.3. The number of methoxy groups -OCH3 is 1. The Morgan fingerprint density at radius 1 is 1.15 bits per heavy atom. The minimum absolute atomic E-state index is 0.110. The van der Waals surface area contributed by atoms with E-state index in [1.807, 2.05) is 32.0 Å². The average molecular weight is 455 g/mol. The van der Waals surface area contributed by atoms with Crippen LogP contribution in [0.1, 0.15) is 34.3 Å². The van der Waals surface area contributed by atoms with Crippen LogP contribution in [0, 0.1) is 13.8 Å². The number of anilines is 1. The van der Waals surface area contributed by atoms with E-state index < -0.39 is 5.97 Å². The number of hydrogen-bond donors (Lipinski definition) is 1. The topological polar surface area (TPSA) is 94.2 Å². The number of amides is 2. The van der Waals surface area contributed by atoms with Gasteiger partial charge < -0.3 is 24.4 Å². The van der Waals surface area contributed by atoms with E-state index in [9.17, 15) is 14.4 Å². The quantitative estimate of drug-likeness (QED) is 0.585. The standard InChI is InChI=1S/C25H30N2O6/c1-17-7-4-11-22(18(17)2)26-23(28)15-27(14-21-10-6-12-32-21)25(30)19-8-5-9-20(13-19)33-16-24(29)31-3/h4-5,7-9,11,13,21H,6,10,12,14-16H2,1-3H3,(H,26,28). The Bertz CT molecular complexity index is 1000. The second kappa shape index (κ2) is 11.5. The Hall–Kier alpha value is -3.39. The summed E-state index contributed by atoms with van der Waals surface area (Å²) >= 11 is 0. The molecule has 1 aliphatic heterocycles. The van der Waals surface area contributed by atoms with Crippen molar-refractivity contribution in [3.8, 4) is 5.75 Å². The van der Waals surface area contributed by atoms with Crippen molar-refractivity contribution in [3.63, 3.8) is 0 Å². The molecule has 2 aromatic carbocycles. The first-order chi connectivity index (χ1) is 15.9. The van der Waals surface area contributed by atoms with Crippen LogP contribution in [-0.4, -0.2) is 62.2 Å². The zero-order valence-electron chi connectivity index (χ0n) is 19.3. The van der Waals surface area contributed by atoms with Gasteiger partial charge in [-0.05, 0) is 62.1 Å². The number of esters is 1. The van der Waals surface area contributed by atoms with Gasteiger partial charge in [0.2, 0.25) is 5.91 Å². The van der Waals surface area contributed by atoms with Gasteiger partial charge in [-0.25, -0.2) is 4.79 Å². The van der Waals surface area contributed by atoms with Crippen molar-refractivity contribution in [3.05, 3.63) is 59.2 Å². The highest BCUT2D eigenvalue weighted by Gasteiger charge is 2.26. The van der Waals surface area contributed by atoms with Crippen molar-refractivity contribution in [2.45, 2.75) is 32.8 Å². The maximum atomic E-state index is 13.3. The molecular weight excluding hydrogens is 424 g/mol. The van der Waals surface area contributed by atoms with Crippen LogP contribution in [0.3, 0.4) is 0 Å². The zero-order chi connectivity index (χ0) is 23.8. The number of ether oxygens (including phenoxy) is 3. The summed E-state index contributed by atoms with van der Waals surface area (Å²) in [4.78, 5) is 39.0. The molecule has 3 rings (SSSR count). The lowest BCUT2D eigenvalue weighted by Crippen LogP contribution is -2.42. The number of aryl methyl sites for hydroxylation is 1. The SMILES string of the molecule is COC(=O)COc1cccc(C(=O)N(CC(=O)Nc2cccc(C)c2C)CC2CCCO2)c1. The normalized spacial score (nSPS) is 15.1. The van der Waals surface area contributed by atoms with E-state index >= 15 is 0 Å². The van der Waals surface area contributed by atoms with Gasteiger partial charge in [0.05, 0.1) is 13.2 Å². The van der Waals surface area contributed by atoms with Gasteiger partial charge in [0.25, 0.3) is 5.91 Å². The lowest BCUT2D eigenvalue weighted by atomic mass is 10.1. The van der Waals surface area contributed by atoms with Crippen molar-refractivity contribution in [2.24, 2.45) is 0 Å². The fourth-order valence-electron chi connectivity index (χ4n) is 3.61. The second-order valence-corrected chi connectivity index (χ2v) is 8.01. The van der Waals surface area contributed by atoms with Crippen LogP contribution in [-0.2, 0) is 19.1 Å². The molecule has 8 nitrogen and oxygen atoms in total. The summed E-state index contributed by atoms with van der Waals surface area (Å²) < 4.78 is 15.7. The number of carbonyl (C=O) groups is 3. The third kappa shape index (κ3) is 6.79. The predicted molar refractivity (Wildman–Crippen MR) is 123 cm³/mol. The summed E-state index contributed by atoms with van der Waals surface area (Å²) in [7, 11) is 1.28. The van der Waals surface area contributed by atoms with Crippen LogP contribution in [0.2, 0.25) is 0 Å². The van der Waals surface area contributed by atoms with E-state index in [2.05, 4.69) is 10.1 Å². The third-order valence-electron chi connectivity index (χ3n) is 5.61. The maximum absolute atomic E-state index is 13.3. The van der Waals surface area contributed by atoms with E-state index in [0.717, 1.165) is 29.7 Å². The Balaban J connectivity index is 1.74. The molecule has 2 amide bonds. The highest BCUT2D eigenvalue weighted by Crippen LogP contribution is 2.20. The van der Waals surface area contributed by atoms with Crippen LogP contribution >= 0.6 is 0 Å². The van der Waals surface area contributed by atoms with Gasteiger partial charge in [-0.3, -0.25) is 9.59 Å². The molecule has 2 aromatic rings. The summed E-state index contributed by atoms with van der Waals surface area (Å²) in [6, 6.07) is 12.2. The van der Waals surface area contributed by atoms with Gasteiger partial charge in [-0.2, -0.15) is 0 Å². The highest BCUT2D eigenvalue weighted by molar-refractivity contribution is 6.00. The van der Waals surface area contributed by atoms with Crippen molar-refractivity contribution < 1.29 is 28.6 Å². The van der Waals surface area contributed by atoms with E-state index in [1.54, 1.807) is 24.3 Å². The molecule has 0 bridgehead atoms. The van der Waals surface area contributed by atoms with E-state index in [1.165, 1.54) is 12.0 Å². The molecule has 0 aromatic heterocycles. The Morgan fingerprint density at radius 2 is 1.94 bits per heavy atom. The maximum Gasteiger partial charge on any atom is 0.343 e. The molecule has 1 aliphatic rings. The first-order valence-corrected chi connectivity index (χ1v) is 10.9. The summed E-state index contributed by atoms with van der Waals surface area (Å²) in [6.45, 7) is 4.52. The molecule has 1 heterocycles. The molecule has 176 valence electrons. The zero-order valence-corrected chi connectivity index (χ0v) is 19.3. The molecule has 0 aliphatic carbocycles. The summed E-state index contributed by atoms with van der Waals surface area (Å²) in [5.41, 5.74) is 3.14. The van der Waals surface area contributed by atoms with Crippen molar-refractivity contribution in [1.29, 1.82) is 0 Å². The molecule has 1 saturated heterocycles. The number of rotatable bonds is 9. The van der Waals surface area contributed by atoms with Gasteiger partial charge in [0.15, 0.2) is 6.61 Å². The van der Waals surface area contributed by atoms with E-state index in [-0.39, 0.29) is 31.1 Å². The van der Waals surface area contributed by atoms with Crippen molar-refractivity contribution in [2.75, 3.05) is 38.7 Å². The molecule has 33 heavy (non-hydrogen) atoms. The summed E-state index contributed by atoms with van der Waals surface area (Å²) in [6.07, 6.45) is 1.66. The summed E-state index contributed by atoms with van der Waals surface area (Å²) in [5.74, 6) is -0.753. The fraction of sp³-hybridized carbons (Fsp3) is 0.400. The van der Waals surface area contributed by atoms with Crippen LogP contribution in [0.5, 0.6) is 5.75 Å². The number of carbonyl (C=O) groups excluding carboxylic acids is 3. The Morgan fingerprint density at radius 3 is 2.67 bits per heavy atom. The Kier molecular flexibility index (Phi) is 8.43. The first-order valence-electron chi connectivity index (χ1n) is 10.9. The largest absolute Gasteiger partial charge is 0.482 e. The minimum atomic E-state index is -0.519. The number of benzene rings is 2. The third-order valence-corrected chi connectivity index (χ3v) is 5.61. The average Bonchev–Trinajstić information content (AvgIpc) is 3.33. The molecule has 1 N–H and O–H groups in total. The predicted octanol–water partition coefficient (Wildman–Crippen LogP) is 3.12. The van der Waals surface area contributed by atoms with Crippen LogP contribution in [0.15, 0.2) is 42.5 Å². The second-order valence-electron chi connectivity index (χ2n) is 8.01. The monoisotopic (exact) mass is 454 g/mol. The molecule has 0 spiro atoms.